The van der Waals surface area contributed by atoms with E-state index in [4.69, 9.17) is 0 Å². The Morgan fingerprint density at radius 1 is 1.18 bits per heavy atom. The van der Waals surface area contributed by atoms with E-state index in [1.165, 1.54) is 27.8 Å². The molecule has 0 aliphatic rings. The van der Waals surface area contributed by atoms with Crippen LogP contribution in [0, 0.1) is 13.8 Å². The van der Waals surface area contributed by atoms with Crippen LogP contribution in [-0.4, -0.2) is 31.1 Å². The largest absolute Gasteiger partial charge is 0.315 e. The van der Waals surface area contributed by atoms with Crippen LogP contribution in [0.1, 0.15) is 22.0 Å². The normalized spacial score (nSPS) is 11.3. The van der Waals surface area contributed by atoms with Crippen LogP contribution in [0.25, 0.3) is 5.69 Å². The molecule has 0 unspecified atom stereocenters. The second-order valence-corrected chi connectivity index (χ2v) is 6.31. The second-order valence-electron chi connectivity index (χ2n) is 5.47. The van der Waals surface area contributed by atoms with Crippen LogP contribution < -0.4 is 0 Å². The maximum Gasteiger partial charge on any atom is 0.0769 e. The molecular weight excluding hydrogens is 294 g/mol. The Morgan fingerprint density at radius 2 is 2.05 bits per heavy atom. The van der Waals surface area contributed by atoms with E-state index in [-0.39, 0.29) is 0 Å². The molecule has 0 amide bonds. The van der Waals surface area contributed by atoms with Crippen LogP contribution in [0.3, 0.4) is 0 Å². The summed E-state index contributed by atoms with van der Waals surface area (Å²) in [5.41, 5.74) is 4.59. The van der Waals surface area contributed by atoms with Gasteiger partial charge in [-0.3, -0.25) is 9.88 Å². The third-order valence-electron chi connectivity index (χ3n) is 3.65. The molecule has 0 bridgehead atoms. The first-order valence-corrected chi connectivity index (χ1v) is 7.96. The monoisotopic (exact) mass is 313 g/mol. The topological polar surface area (TPSA) is 46.8 Å². The van der Waals surface area contributed by atoms with Crippen molar-refractivity contribution in [3.63, 3.8) is 0 Å². The van der Waals surface area contributed by atoms with E-state index in [2.05, 4.69) is 56.2 Å². The molecule has 114 valence electrons. The number of aryl methyl sites for hydroxylation is 2. The number of hydrogen-bond acceptors (Lipinski definition) is 5. The molecule has 0 aliphatic carbocycles. The van der Waals surface area contributed by atoms with Gasteiger partial charge in [0.2, 0.25) is 0 Å². The summed E-state index contributed by atoms with van der Waals surface area (Å²) in [5.74, 6) is 0. The van der Waals surface area contributed by atoms with Crippen molar-refractivity contribution in [2.75, 3.05) is 7.05 Å². The van der Waals surface area contributed by atoms with Gasteiger partial charge in [0.15, 0.2) is 0 Å². The lowest BCUT2D eigenvalue weighted by molar-refractivity contribution is 0.315. The molecule has 0 saturated carbocycles. The lowest BCUT2D eigenvalue weighted by Gasteiger charge is -2.18. The first-order chi connectivity index (χ1) is 10.6. The number of aromatic nitrogens is 4. The Balaban J connectivity index is 1.80. The molecule has 3 aromatic rings. The molecule has 0 N–H and O–H groups in total. The zero-order valence-corrected chi connectivity index (χ0v) is 13.8. The molecule has 3 rings (SSSR count). The van der Waals surface area contributed by atoms with Gasteiger partial charge in [0.25, 0.3) is 0 Å². The van der Waals surface area contributed by atoms with Crippen molar-refractivity contribution in [1.29, 1.82) is 0 Å². The van der Waals surface area contributed by atoms with Crippen LogP contribution in [0.2, 0.25) is 0 Å². The number of hydrogen-bond donors (Lipinski definition) is 0. The summed E-state index contributed by atoms with van der Waals surface area (Å²) >= 11 is 1.47. The van der Waals surface area contributed by atoms with Crippen molar-refractivity contribution in [2.45, 2.75) is 26.9 Å². The Bertz CT molecular complexity index is 747. The van der Waals surface area contributed by atoms with E-state index in [0.717, 1.165) is 24.5 Å². The first kappa shape index (κ1) is 14.9. The number of nitrogens with zero attached hydrogens (tertiary/aromatic N) is 5. The minimum absolute atomic E-state index is 0.861. The molecule has 5 nitrogen and oxygen atoms in total. The maximum absolute atomic E-state index is 4.23. The predicted octanol–water partition coefficient (Wildman–Crippen LogP) is 2.97. The zero-order valence-electron chi connectivity index (χ0n) is 13.0. The molecule has 0 atom stereocenters. The smallest absolute Gasteiger partial charge is 0.0769 e. The van der Waals surface area contributed by atoms with E-state index in [9.17, 15) is 0 Å². The van der Waals surface area contributed by atoms with Crippen molar-refractivity contribution in [3.05, 3.63) is 58.6 Å². The van der Waals surface area contributed by atoms with Gasteiger partial charge in [0.05, 0.1) is 22.5 Å². The Kier molecular flexibility index (Phi) is 4.31. The van der Waals surface area contributed by atoms with Gasteiger partial charge in [-0.2, -0.15) is 0 Å². The molecular formula is C16H19N5S. The summed E-state index contributed by atoms with van der Waals surface area (Å²) in [6, 6.07) is 8.38. The van der Waals surface area contributed by atoms with Gasteiger partial charge >= 0.3 is 0 Å². The first-order valence-electron chi connectivity index (χ1n) is 7.19. The average Bonchev–Trinajstić information content (AvgIpc) is 3.07. The Hall–Kier alpha value is -2.05. The number of rotatable bonds is 5. The van der Waals surface area contributed by atoms with Crippen LogP contribution in [0.5, 0.6) is 0 Å². The molecule has 3 aromatic heterocycles. The van der Waals surface area contributed by atoms with Gasteiger partial charge in [0.1, 0.15) is 0 Å². The highest BCUT2D eigenvalue weighted by atomic mass is 32.1. The molecule has 6 heteroatoms. The molecule has 0 fully saturated rings. The Morgan fingerprint density at radius 3 is 2.73 bits per heavy atom. The third kappa shape index (κ3) is 3.08. The van der Waals surface area contributed by atoms with Gasteiger partial charge < -0.3 is 4.57 Å². The van der Waals surface area contributed by atoms with Crippen molar-refractivity contribution in [2.24, 2.45) is 0 Å². The van der Waals surface area contributed by atoms with Gasteiger partial charge in [-0.15, -0.1) is 5.10 Å². The van der Waals surface area contributed by atoms with E-state index in [1.807, 2.05) is 19.2 Å². The minimum Gasteiger partial charge on any atom is -0.315 e. The lowest BCUT2D eigenvalue weighted by atomic mass is 10.3. The SMILES string of the molecule is Cc1nnsc1CN(C)Cc1ccc(C)n1-c1cccnc1. The summed E-state index contributed by atoms with van der Waals surface area (Å²) in [6.45, 7) is 5.85. The summed E-state index contributed by atoms with van der Waals surface area (Å²) in [7, 11) is 2.12. The fraction of sp³-hybridized carbons (Fsp3) is 0.312. The molecule has 0 aliphatic heterocycles. The van der Waals surface area contributed by atoms with Crippen LogP contribution in [-0.2, 0) is 13.1 Å². The predicted molar refractivity (Wildman–Crippen MR) is 88.1 cm³/mol. The summed E-state index contributed by atoms with van der Waals surface area (Å²) in [5, 5.41) is 4.07. The summed E-state index contributed by atoms with van der Waals surface area (Å²) < 4.78 is 6.25. The van der Waals surface area contributed by atoms with E-state index in [0.29, 0.717) is 0 Å². The van der Waals surface area contributed by atoms with Crippen molar-refractivity contribution < 1.29 is 0 Å². The maximum atomic E-state index is 4.23. The van der Waals surface area contributed by atoms with Gasteiger partial charge in [-0.05, 0) is 56.7 Å². The third-order valence-corrected chi connectivity index (χ3v) is 4.46. The van der Waals surface area contributed by atoms with Crippen molar-refractivity contribution >= 4 is 11.5 Å². The minimum atomic E-state index is 0.861. The molecule has 0 radical (unpaired) electrons. The fourth-order valence-corrected chi connectivity index (χ4v) is 3.26. The lowest BCUT2D eigenvalue weighted by Crippen LogP contribution is -2.19. The summed E-state index contributed by atoms with van der Waals surface area (Å²) in [6.07, 6.45) is 3.70. The molecule has 3 heterocycles. The quantitative estimate of drug-likeness (QED) is 0.726. The van der Waals surface area contributed by atoms with Crippen LogP contribution in [0.15, 0.2) is 36.7 Å². The van der Waals surface area contributed by atoms with Gasteiger partial charge in [-0.1, -0.05) is 4.49 Å². The van der Waals surface area contributed by atoms with Crippen molar-refractivity contribution in [1.82, 2.24) is 24.0 Å². The highest BCUT2D eigenvalue weighted by Crippen LogP contribution is 2.19. The molecule has 0 saturated heterocycles. The second kappa shape index (κ2) is 6.37. The average molecular weight is 313 g/mol. The molecule has 0 spiro atoms. The standard InChI is InChI=1S/C16H19N5S/c1-12-6-7-15(21(12)14-5-4-8-17-9-14)10-20(3)11-16-13(2)18-19-22-16/h4-9H,10-11H2,1-3H3. The van der Waals surface area contributed by atoms with Crippen LogP contribution >= 0.6 is 11.5 Å². The van der Waals surface area contributed by atoms with E-state index < -0.39 is 0 Å². The number of pyridine rings is 1. The van der Waals surface area contributed by atoms with E-state index >= 15 is 0 Å². The van der Waals surface area contributed by atoms with Gasteiger partial charge in [-0.25, -0.2) is 0 Å². The van der Waals surface area contributed by atoms with Crippen molar-refractivity contribution in [3.8, 4) is 5.69 Å². The zero-order chi connectivity index (χ0) is 15.5. The Labute approximate surface area is 134 Å². The van der Waals surface area contributed by atoms with E-state index in [1.54, 1.807) is 6.20 Å². The highest BCUT2D eigenvalue weighted by molar-refractivity contribution is 7.05. The van der Waals surface area contributed by atoms with Gasteiger partial charge in [0, 0.05) is 30.7 Å². The molecule has 0 aromatic carbocycles. The fourth-order valence-electron chi connectivity index (χ4n) is 2.54. The summed E-state index contributed by atoms with van der Waals surface area (Å²) in [4.78, 5) is 7.73. The highest BCUT2D eigenvalue weighted by Gasteiger charge is 2.12. The van der Waals surface area contributed by atoms with Crippen LogP contribution in [0.4, 0.5) is 0 Å². The molecule has 22 heavy (non-hydrogen) atoms.